The van der Waals surface area contributed by atoms with Crippen molar-refractivity contribution in [3.63, 3.8) is 0 Å². The van der Waals surface area contributed by atoms with Crippen LogP contribution in [0.1, 0.15) is 181 Å². The largest absolute Gasteiger partial charge is 0.472 e. The van der Waals surface area contributed by atoms with E-state index in [9.17, 15) is 24.2 Å². The number of ether oxygens (including phenoxy) is 2. The zero-order chi connectivity index (χ0) is 41.9. The Morgan fingerprint density at radius 3 is 1.46 bits per heavy atom. The second-order valence-electron chi connectivity index (χ2n) is 14.7. The van der Waals surface area contributed by atoms with Crippen molar-refractivity contribution in [2.45, 2.75) is 193 Å². The topological polar surface area (TPSA) is 149 Å². The van der Waals surface area contributed by atoms with Gasteiger partial charge in [0.1, 0.15) is 12.7 Å². The molecular weight excluding hydrogens is 743 g/mol. The molecule has 57 heavy (non-hydrogen) atoms. The third-order valence-electron chi connectivity index (χ3n) is 9.16. The average molecular weight is 825 g/mol. The Kier molecular flexibility index (Phi) is 40.1. The van der Waals surface area contributed by atoms with Gasteiger partial charge in [0, 0.05) is 12.8 Å². The maximum atomic E-state index is 12.6. The highest BCUT2D eigenvalue weighted by Gasteiger charge is 2.27. The van der Waals surface area contributed by atoms with Crippen LogP contribution in [0.5, 0.6) is 0 Å². The van der Waals surface area contributed by atoms with Gasteiger partial charge < -0.3 is 24.6 Å². The van der Waals surface area contributed by atoms with Crippen molar-refractivity contribution in [1.82, 2.24) is 0 Å². The highest BCUT2D eigenvalue weighted by molar-refractivity contribution is 7.47. The molecule has 330 valence electrons. The number of esters is 2. The van der Waals surface area contributed by atoms with Gasteiger partial charge >= 0.3 is 19.8 Å². The third kappa shape index (κ3) is 41.6. The molecule has 0 aromatic carbocycles. The van der Waals surface area contributed by atoms with E-state index in [2.05, 4.69) is 79.1 Å². The van der Waals surface area contributed by atoms with Crippen LogP contribution in [-0.4, -0.2) is 65.7 Å². The fourth-order valence-electron chi connectivity index (χ4n) is 5.74. The fourth-order valence-corrected chi connectivity index (χ4v) is 6.53. The van der Waals surface area contributed by atoms with E-state index in [-0.39, 0.29) is 19.4 Å². The van der Waals surface area contributed by atoms with Crippen molar-refractivity contribution in [2.75, 3.05) is 26.4 Å². The molecule has 0 aliphatic heterocycles. The van der Waals surface area contributed by atoms with Crippen LogP contribution in [0.4, 0.5) is 0 Å². The predicted octanol–water partition coefficient (Wildman–Crippen LogP) is 11.9. The van der Waals surface area contributed by atoms with Crippen LogP contribution in [0.2, 0.25) is 0 Å². The fraction of sp³-hybridized carbons (Fsp3) is 0.739. The van der Waals surface area contributed by atoms with Crippen molar-refractivity contribution >= 4 is 19.8 Å². The Morgan fingerprint density at radius 2 is 0.965 bits per heavy atom. The minimum absolute atomic E-state index is 0.162. The molecule has 0 aromatic heterocycles. The molecule has 0 fully saturated rings. The van der Waals surface area contributed by atoms with E-state index in [0.717, 1.165) is 83.5 Å². The number of rotatable bonds is 41. The number of aliphatic hydroxyl groups is 2. The van der Waals surface area contributed by atoms with Gasteiger partial charge in [-0.2, -0.15) is 0 Å². The maximum absolute atomic E-state index is 12.6. The molecule has 0 saturated heterocycles. The van der Waals surface area contributed by atoms with Crippen molar-refractivity contribution < 1.29 is 47.8 Å². The molecule has 3 N–H and O–H groups in total. The van der Waals surface area contributed by atoms with Crippen LogP contribution in [0.15, 0.2) is 60.8 Å². The molecule has 0 heterocycles. The van der Waals surface area contributed by atoms with Crippen LogP contribution in [0, 0.1) is 0 Å². The average Bonchev–Trinajstić information content (AvgIpc) is 3.20. The van der Waals surface area contributed by atoms with Crippen molar-refractivity contribution in [1.29, 1.82) is 0 Å². The van der Waals surface area contributed by atoms with E-state index >= 15 is 0 Å². The minimum Gasteiger partial charge on any atom is -0.462 e. The molecule has 11 heteroatoms. The minimum atomic E-state index is -4.63. The van der Waals surface area contributed by atoms with Crippen LogP contribution in [-0.2, 0) is 32.7 Å². The van der Waals surface area contributed by atoms with Gasteiger partial charge in [-0.25, -0.2) is 4.57 Å². The first kappa shape index (κ1) is 54.7. The molecule has 0 rings (SSSR count). The normalized spacial score (nSPS) is 14.4. The lowest BCUT2D eigenvalue weighted by atomic mass is 10.1. The summed E-state index contributed by atoms with van der Waals surface area (Å²) >= 11 is 0. The molecule has 3 unspecified atom stereocenters. The predicted molar refractivity (Wildman–Crippen MR) is 233 cm³/mol. The van der Waals surface area contributed by atoms with Crippen LogP contribution in [0.3, 0.4) is 0 Å². The highest BCUT2D eigenvalue weighted by atomic mass is 31.2. The van der Waals surface area contributed by atoms with Gasteiger partial charge in [-0.3, -0.25) is 18.6 Å². The van der Waals surface area contributed by atoms with Gasteiger partial charge in [0.2, 0.25) is 0 Å². The summed E-state index contributed by atoms with van der Waals surface area (Å²) in [5, 5.41) is 18.3. The van der Waals surface area contributed by atoms with Crippen LogP contribution < -0.4 is 0 Å². The molecule has 0 spiro atoms. The molecule has 0 bridgehead atoms. The molecule has 0 amide bonds. The molecule has 0 aliphatic rings. The summed E-state index contributed by atoms with van der Waals surface area (Å²) in [7, 11) is -4.63. The van der Waals surface area contributed by atoms with E-state index in [4.69, 9.17) is 19.1 Å². The molecule has 0 aromatic rings. The molecule has 3 atom stereocenters. The number of unbranched alkanes of at least 4 members (excludes halogenated alkanes) is 17. The summed E-state index contributed by atoms with van der Waals surface area (Å²) in [6, 6.07) is 0. The number of hydrogen-bond acceptors (Lipinski definition) is 9. The zero-order valence-corrected chi connectivity index (χ0v) is 36.7. The molecule has 10 nitrogen and oxygen atoms in total. The summed E-state index contributed by atoms with van der Waals surface area (Å²) in [5.41, 5.74) is 0. The number of aliphatic hydroxyl groups excluding tert-OH is 2. The van der Waals surface area contributed by atoms with Gasteiger partial charge in [-0.15, -0.1) is 0 Å². The SMILES string of the molecule is CC/C=C\C/C=C\C/C=C\CCCCCCCC(=O)OC(COC(=O)CCCCCCCCCCC/C=C\C/C=C\CCCCC)COP(=O)(O)OCC(O)CO. The third-order valence-corrected chi connectivity index (χ3v) is 10.1. The summed E-state index contributed by atoms with van der Waals surface area (Å²) in [5.74, 6) is -0.952. The van der Waals surface area contributed by atoms with E-state index < -0.39 is 51.8 Å². The van der Waals surface area contributed by atoms with E-state index in [1.165, 1.54) is 57.8 Å². The number of carbonyl (C=O) groups is 2. The smallest absolute Gasteiger partial charge is 0.462 e. The van der Waals surface area contributed by atoms with E-state index in [1.54, 1.807) is 0 Å². The van der Waals surface area contributed by atoms with Gasteiger partial charge in [-0.05, 0) is 77.0 Å². The number of phosphoric acid groups is 1. The Bertz CT molecular complexity index is 1130. The number of carbonyl (C=O) groups excluding carboxylic acids is 2. The first-order chi connectivity index (χ1) is 27.7. The first-order valence-electron chi connectivity index (χ1n) is 22.2. The standard InChI is InChI=1S/C46H81O10P/c1-3-5-7-9-11-13-15-17-19-20-21-22-24-25-27-29-31-33-35-37-45(49)53-41-44(42-55-57(51,52)54-40-43(48)39-47)56-46(50)38-36-34-32-30-28-26-23-18-16-14-12-10-8-6-4-2/h6,8,11-14,17-19,23,43-44,47-48H,3-5,7,9-10,15-16,20-22,24-42H2,1-2H3,(H,51,52)/b8-6-,13-11-,14-12-,19-17-,23-18-. The van der Waals surface area contributed by atoms with Crippen molar-refractivity contribution in [2.24, 2.45) is 0 Å². The lowest BCUT2D eigenvalue weighted by Crippen LogP contribution is -2.29. The summed E-state index contributed by atoms with van der Waals surface area (Å²) in [6.07, 6.45) is 46.1. The second-order valence-corrected chi connectivity index (χ2v) is 16.1. The Morgan fingerprint density at radius 1 is 0.544 bits per heavy atom. The number of allylic oxidation sites excluding steroid dienone is 10. The lowest BCUT2D eigenvalue weighted by molar-refractivity contribution is -0.161. The van der Waals surface area contributed by atoms with Crippen LogP contribution in [0.25, 0.3) is 0 Å². The summed E-state index contributed by atoms with van der Waals surface area (Å²) in [6.45, 7) is 2.22. The quantitative estimate of drug-likeness (QED) is 0.0235. The number of hydrogen-bond donors (Lipinski definition) is 3. The van der Waals surface area contributed by atoms with Crippen LogP contribution >= 0.6 is 7.82 Å². The van der Waals surface area contributed by atoms with Gasteiger partial charge in [0.15, 0.2) is 6.10 Å². The zero-order valence-electron chi connectivity index (χ0n) is 35.8. The Labute approximate surface area is 346 Å². The number of phosphoric ester groups is 1. The van der Waals surface area contributed by atoms with E-state index in [0.29, 0.717) is 12.8 Å². The first-order valence-corrected chi connectivity index (χ1v) is 23.7. The van der Waals surface area contributed by atoms with Gasteiger partial charge in [0.05, 0.1) is 19.8 Å². The maximum Gasteiger partial charge on any atom is 0.472 e. The van der Waals surface area contributed by atoms with E-state index in [1.807, 2.05) is 0 Å². The van der Waals surface area contributed by atoms with Gasteiger partial charge in [-0.1, -0.05) is 152 Å². The highest BCUT2D eigenvalue weighted by Crippen LogP contribution is 2.43. The van der Waals surface area contributed by atoms with Gasteiger partial charge in [0.25, 0.3) is 0 Å². The lowest BCUT2D eigenvalue weighted by Gasteiger charge is -2.20. The summed E-state index contributed by atoms with van der Waals surface area (Å²) in [4.78, 5) is 35.0. The molecule has 0 saturated carbocycles. The second kappa shape index (κ2) is 41.8. The molecule has 0 aliphatic carbocycles. The Balaban J connectivity index is 4.29. The summed E-state index contributed by atoms with van der Waals surface area (Å²) < 4.78 is 32.7. The Hall–Kier alpha value is -2.33. The van der Waals surface area contributed by atoms with Crippen molar-refractivity contribution in [3.8, 4) is 0 Å². The molecule has 0 radical (unpaired) electrons. The molecular formula is C46H81O10P. The van der Waals surface area contributed by atoms with Crippen molar-refractivity contribution in [3.05, 3.63) is 60.8 Å². The monoisotopic (exact) mass is 825 g/mol.